The lowest BCUT2D eigenvalue weighted by atomic mass is 9.83. The first-order valence-electron chi connectivity index (χ1n) is 23.6. The van der Waals surface area contributed by atoms with Crippen LogP contribution >= 0.6 is 0 Å². The van der Waals surface area contributed by atoms with E-state index in [-0.39, 0.29) is 0 Å². The van der Waals surface area contributed by atoms with Crippen molar-refractivity contribution < 1.29 is 4.42 Å². The molecule has 0 atom stereocenters. The van der Waals surface area contributed by atoms with E-state index in [4.69, 9.17) is 14.4 Å². The molecule has 3 nitrogen and oxygen atoms in total. The van der Waals surface area contributed by atoms with Crippen LogP contribution in [0, 0.1) is 0 Å². The Hall–Kier alpha value is -9.18. The third-order valence-corrected chi connectivity index (χ3v) is 14.6. The summed E-state index contributed by atoms with van der Waals surface area (Å²) in [4.78, 5) is 11.1. The van der Waals surface area contributed by atoms with Gasteiger partial charge >= 0.3 is 0 Å². The van der Waals surface area contributed by atoms with Gasteiger partial charge in [-0.1, -0.05) is 206 Å². The molecule has 318 valence electrons. The van der Waals surface area contributed by atoms with Gasteiger partial charge in [-0.05, 0) is 84.2 Å². The lowest BCUT2D eigenvalue weighted by molar-refractivity contribution is 0.673. The molecule has 3 aromatic heterocycles. The molecule has 0 spiro atoms. The zero-order valence-corrected chi connectivity index (χ0v) is 37.2. The maximum atomic E-state index is 6.75. The minimum atomic E-state index is 0.884. The maximum absolute atomic E-state index is 6.75. The molecule has 0 unspecified atom stereocenters. The summed E-state index contributed by atoms with van der Waals surface area (Å²) >= 11 is 0. The largest absolute Gasteiger partial charge is 0.455 e. The molecule has 3 heteroatoms. The fourth-order valence-electron chi connectivity index (χ4n) is 11.6. The van der Waals surface area contributed by atoms with Gasteiger partial charge in [0, 0.05) is 59.6 Å². The van der Waals surface area contributed by atoms with E-state index in [1.165, 1.54) is 59.8 Å². The second kappa shape index (κ2) is 14.7. The molecule has 0 aliphatic carbocycles. The van der Waals surface area contributed by atoms with Crippen molar-refractivity contribution in [2.75, 3.05) is 0 Å². The summed E-state index contributed by atoms with van der Waals surface area (Å²) in [7, 11) is 0. The summed E-state index contributed by atoms with van der Waals surface area (Å²) in [6, 6.07) is 83.3. The van der Waals surface area contributed by atoms with E-state index in [1.807, 2.05) is 6.07 Å². The highest BCUT2D eigenvalue weighted by Gasteiger charge is 2.24. The first-order valence-corrected chi connectivity index (χ1v) is 23.6. The third kappa shape index (κ3) is 5.56. The number of nitrogens with zero attached hydrogens (tertiary/aromatic N) is 2. The van der Waals surface area contributed by atoms with Crippen LogP contribution in [0.5, 0.6) is 0 Å². The predicted molar refractivity (Wildman–Crippen MR) is 291 cm³/mol. The zero-order valence-electron chi connectivity index (χ0n) is 37.2. The predicted octanol–water partition coefficient (Wildman–Crippen LogP) is 18.3. The highest BCUT2D eigenvalue weighted by Crippen LogP contribution is 2.50. The van der Waals surface area contributed by atoms with Crippen LogP contribution in [0.15, 0.2) is 235 Å². The van der Waals surface area contributed by atoms with E-state index in [0.717, 1.165) is 93.4 Å². The van der Waals surface area contributed by atoms with Crippen molar-refractivity contribution in [3.63, 3.8) is 0 Å². The zero-order chi connectivity index (χ0) is 45.2. The van der Waals surface area contributed by atoms with Gasteiger partial charge in [-0.25, -0.2) is 9.97 Å². The fourth-order valence-corrected chi connectivity index (χ4v) is 11.6. The molecule has 0 saturated carbocycles. The molecule has 0 amide bonds. The number of para-hydroxylation sites is 1. The number of pyridine rings is 2. The second-order valence-electron chi connectivity index (χ2n) is 18.3. The topological polar surface area (TPSA) is 38.9 Å². The van der Waals surface area contributed by atoms with Gasteiger partial charge in [0.1, 0.15) is 11.2 Å². The van der Waals surface area contributed by atoms with Crippen molar-refractivity contribution in [2.24, 2.45) is 0 Å². The highest BCUT2D eigenvalue weighted by atomic mass is 16.3. The molecule has 69 heavy (non-hydrogen) atoms. The van der Waals surface area contributed by atoms with E-state index in [2.05, 4.69) is 224 Å². The average molecular weight is 875 g/mol. The van der Waals surface area contributed by atoms with Crippen molar-refractivity contribution in [3.05, 3.63) is 231 Å². The van der Waals surface area contributed by atoms with Crippen LogP contribution in [0.4, 0.5) is 0 Å². The van der Waals surface area contributed by atoms with Crippen LogP contribution in [-0.4, -0.2) is 9.97 Å². The summed E-state index contributed by atoms with van der Waals surface area (Å²) in [6.45, 7) is 0. The first kappa shape index (κ1) is 38.0. The van der Waals surface area contributed by atoms with Crippen LogP contribution in [0.2, 0.25) is 0 Å². The Kier molecular flexibility index (Phi) is 8.07. The first-order chi connectivity index (χ1) is 34.2. The summed E-state index contributed by atoms with van der Waals surface area (Å²) in [5.41, 5.74) is 12.5. The molecular formula is C66H38N2O. The van der Waals surface area contributed by atoms with Crippen LogP contribution in [0.25, 0.3) is 153 Å². The summed E-state index contributed by atoms with van der Waals surface area (Å²) in [5, 5.41) is 18.5. The van der Waals surface area contributed by atoms with Crippen LogP contribution in [-0.2, 0) is 0 Å². The van der Waals surface area contributed by atoms with Crippen LogP contribution in [0.1, 0.15) is 0 Å². The number of furan rings is 1. The molecule has 0 aliphatic heterocycles. The minimum Gasteiger partial charge on any atom is -0.455 e. The lowest BCUT2D eigenvalue weighted by Gasteiger charge is -2.21. The number of hydrogen-bond donors (Lipinski definition) is 0. The highest BCUT2D eigenvalue weighted by molar-refractivity contribution is 6.32. The van der Waals surface area contributed by atoms with Crippen molar-refractivity contribution in [1.29, 1.82) is 0 Å². The molecule has 15 aromatic rings. The molecule has 0 saturated heterocycles. The smallest absolute Gasteiger partial charge is 0.144 e. The van der Waals surface area contributed by atoms with Gasteiger partial charge in [-0.3, -0.25) is 0 Å². The summed E-state index contributed by atoms with van der Waals surface area (Å²) in [5.74, 6) is 0. The fraction of sp³-hybridized carbons (Fsp3) is 0. The number of rotatable bonds is 4. The van der Waals surface area contributed by atoms with Gasteiger partial charge in [0.2, 0.25) is 0 Å². The molecule has 0 bridgehead atoms. The SMILES string of the molecule is c1ccc(-c2nc3c4ccccc4ccc3c3c2cc(-c2c4ccccc4c(-c4ccc5c(c4)nc(-c4ccccc4)c4ccc6c7ccccc7oc6c45)c4ccccc24)c2ccccc23)cc1. The Morgan fingerprint density at radius 3 is 1.54 bits per heavy atom. The molecule has 0 aliphatic rings. The van der Waals surface area contributed by atoms with Crippen molar-refractivity contribution in [2.45, 2.75) is 0 Å². The number of fused-ring (bicyclic) bond motifs is 16. The summed E-state index contributed by atoms with van der Waals surface area (Å²) in [6.07, 6.45) is 0. The van der Waals surface area contributed by atoms with E-state index >= 15 is 0 Å². The molecule has 12 aromatic carbocycles. The second-order valence-corrected chi connectivity index (χ2v) is 18.3. The van der Waals surface area contributed by atoms with E-state index in [9.17, 15) is 0 Å². The van der Waals surface area contributed by atoms with E-state index in [0.29, 0.717) is 0 Å². The van der Waals surface area contributed by atoms with E-state index < -0.39 is 0 Å². The van der Waals surface area contributed by atoms with E-state index in [1.54, 1.807) is 0 Å². The summed E-state index contributed by atoms with van der Waals surface area (Å²) < 4.78 is 6.75. The van der Waals surface area contributed by atoms with Gasteiger partial charge in [-0.2, -0.15) is 0 Å². The third-order valence-electron chi connectivity index (χ3n) is 14.6. The molecule has 15 rings (SSSR count). The van der Waals surface area contributed by atoms with Crippen molar-refractivity contribution in [1.82, 2.24) is 9.97 Å². The normalized spacial score (nSPS) is 12.1. The minimum absolute atomic E-state index is 0.884. The average Bonchev–Trinajstić information content (AvgIpc) is 3.81. The van der Waals surface area contributed by atoms with Crippen LogP contribution < -0.4 is 0 Å². The Bertz CT molecular complexity index is 4590. The van der Waals surface area contributed by atoms with Crippen molar-refractivity contribution >= 4 is 108 Å². The quantitative estimate of drug-likeness (QED) is 0.131. The Balaban J connectivity index is 1.04. The number of aromatic nitrogens is 2. The Morgan fingerprint density at radius 2 is 0.826 bits per heavy atom. The molecule has 0 radical (unpaired) electrons. The van der Waals surface area contributed by atoms with Crippen LogP contribution in [0.3, 0.4) is 0 Å². The van der Waals surface area contributed by atoms with Gasteiger partial charge in [0.15, 0.2) is 0 Å². The molecular weight excluding hydrogens is 837 g/mol. The number of hydrogen-bond acceptors (Lipinski definition) is 3. The standard InChI is InChI=1S/C66H38N2O/c1-3-18-40(19-4-1)63-54-36-35-51-45-24-15-16-30-58(45)69-66(51)62(54)52-33-32-42(37-57(52)67-63)59-47-26-11-13-28-49(47)60(50-29-14-12-27-48(50)59)55-38-56-61(46-25-10-9-23-44(46)55)53-34-31-39-17-7-8-22-43(39)65(53)68-64(56)41-20-5-2-6-21-41/h1-38H. The van der Waals surface area contributed by atoms with Gasteiger partial charge < -0.3 is 4.42 Å². The molecule has 0 fully saturated rings. The van der Waals surface area contributed by atoms with Gasteiger partial charge in [-0.15, -0.1) is 0 Å². The number of benzene rings is 12. The maximum Gasteiger partial charge on any atom is 0.144 e. The lowest BCUT2D eigenvalue weighted by Crippen LogP contribution is -1.95. The molecule has 0 N–H and O–H groups in total. The monoisotopic (exact) mass is 874 g/mol. The molecule has 3 heterocycles. The Labute approximate surface area is 396 Å². The van der Waals surface area contributed by atoms with Gasteiger partial charge in [0.05, 0.1) is 22.4 Å². The van der Waals surface area contributed by atoms with Crippen molar-refractivity contribution in [3.8, 4) is 44.8 Å². The Morgan fingerprint density at radius 1 is 0.290 bits per heavy atom. The van der Waals surface area contributed by atoms with Gasteiger partial charge in [0.25, 0.3) is 0 Å².